The summed E-state index contributed by atoms with van der Waals surface area (Å²) in [5.74, 6) is 0.719. The van der Waals surface area contributed by atoms with Crippen LogP contribution in [0.15, 0.2) is 24.3 Å². The molecule has 1 N–H and O–H groups in total. The first kappa shape index (κ1) is 21.9. The minimum Gasteiger partial charge on any atom is -0.468 e. The molecule has 6 nitrogen and oxygen atoms in total. The van der Waals surface area contributed by atoms with Crippen molar-refractivity contribution in [2.24, 2.45) is 0 Å². The van der Waals surface area contributed by atoms with Crippen LogP contribution in [-0.4, -0.2) is 58.1 Å². The summed E-state index contributed by atoms with van der Waals surface area (Å²) in [6, 6.07) is 7.44. The summed E-state index contributed by atoms with van der Waals surface area (Å²) in [5, 5.41) is 9.91. The predicted octanol–water partition coefficient (Wildman–Crippen LogP) is 2.94. The molecular formula is C19H32O6. The van der Waals surface area contributed by atoms with E-state index in [0.29, 0.717) is 46.2 Å². The Morgan fingerprint density at radius 3 is 1.92 bits per heavy atom. The van der Waals surface area contributed by atoms with E-state index in [2.05, 4.69) is 6.92 Å². The van der Waals surface area contributed by atoms with Crippen LogP contribution in [0.5, 0.6) is 5.75 Å². The summed E-state index contributed by atoms with van der Waals surface area (Å²) in [7, 11) is 0. The minimum absolute atomic E-state index is 0.172. The highest BCUT2D eigenvalue weighted by Gasteiger charge is 2.05. The molecule has 1 unspecified atom stereocenters. The number of rotatable bonds is 16. The lowest BCUT2D eigenvalue weighted by atomic mass is 10.1. The van der Waals surface area contributed by atoms with Gasteiger partial charge in [-0.2, -0.15) is 0 Å². The van der Waals surface area contributed by atoms with Crippen LogP contribution in [0.3, 0.4) is 0 Å². The van der Waals surface area contributed by atoms with Gasteiger partial charge in [0.25, 0.3) is 0 Å². The number of hydrogen-bond donors (Lipinski definition) is 1. The Balaban J connectivity index is 1.96. The van der Waals surface area contributed by atoms with Crippen molar-refractivity contribution in [1.82, 2.24) is 0 Å². The van der Waals surface area contributed by atoms with Gasteiger partial charge in [-0.15, -0.1) is 0 Å². The molecule has 0 aliphatic rings. The van der Waals surface area contributed by atoms with Crippen LogP contribution in [0.25, 0.3) is 0 Å². The number of benzene rings is 1. The van der Waals surface area contributed by atoms with Crippen molar-refractivity contribution < 1.29 is 28.8 Å². The summed E-state index contributed by atoms with van der Waals surface area (Å²) in [6.45, 7) is 8.17. The summed E-state index contributed by atoms with van der Waals surface area (Å²) < 4.78 is 26.7. The highest BCUT2D eigenvalue weighted by atomic mass is 16.7. The Kier molecular flexibility index (Phi) is 13.2. The molecule has 6 heteroatoms. The Morgan fingerprint density at radius 2 is 1.36 bits per heavy atom. The lowest BCUT2D eigenvalue weighted by Crippen LogP contribution is -2.13. The van der Waals surface area contributed by atoms with Gasteiger partial charge in [0.15, 0.2) is 6.79 Å². The van der Waals surface area contributed by atoms with E-state index in [1.54, 1.807) is 0 Å². The number of aliphatic hydroxyl groups is 1. The zero-order valence-corrected chi connectivity index (χ0v) is 15.4. The van der Waals surface area contributed by atoms with Crippen LogP contribution < -0.4 is 4.74 Å². The van der Waals surface area contributed by atoms with Crippen molar-refractivity contribution in [1.29, 1.82) is 0 Å². The molecule has 1 aromatic rings. The van der Waals surface area contributed by atoms with Crippen molar-refractivity contribution in [2.75, 3.05) is 53.0 Å². The highest BCUT2D eigenvalue weighted by Crippen LogP contribution is 2.21. The third-order valence-electron chi connectivity index (χ3n) is 3.46. The second kappa shape index (κ2) is 15.1. The van der Waals surface area contributed by atoms with Crippen LogP contribution in [0.2, 0.25) is 0 Å². The second-order valence-corrected chi connectivity index (χ2v) is 5.47. The van der Waals surface area contributed by atoms with E-state index in [1.165, 1.54) is 0 Å². The Bertz CT molecular complexity index is 409. The second-order valence-electron chi connectivity index (χ2n) is 5.47. The Morgan fingerprint density at radius 1 is 0.800 bits per heavy atom. The van der Waals surface area contributed by atoms with Crippen LogP contribution in [0.4, 0.5) is 0 Å². The smallest absolute Gasteiger partial charge is 0.189 e. The molecule has 0 aromatic heterocycles. The van der Waals surface area contributed by atoms with E-state index in [1.807, 2.05) is 31.2 Å². The Hall–Kier alpha value is -1.18. The molecule has 1 atom stereocenters. The van der Waals surface area contributed by atoms with Crippen molar-refractivity contribution in [2.45, 2.75) is 32.8 Å². The molecule has 1 aromatic carbocycles. The lowest BCUT2D eigenvalue weighted by molar-refractivity contribution is -0.0303. The van der Waals surface area contributed by atoms with Gasteiger partial charge in [-0.05, 0) is 31.0 Å². The molecule has 0 bridgehead atoms. The molecule has 0 saturated heterocycles. The maximum atomic E-state index is 9.91. The van der Waals surface area contributed by atoms with Gasteiger partial charge in [0, 0.05) is 6.61 Å². The lowest BCUT2D eigenvalue weighted by Gasteiger charge is -2.11. The summed E-state index contributed by atoms with van der Waals surface area (Å²) in [5.41, 5.74) is 0.909. The van der Waals surface area contributed by atoms with Crippen LogP contribution in [0.1, 0.15) is 38.4 Å². The average Bonchev–Trinajstić information content (AvgIpc) is 2.63. The van der Waals surface area contributed by atoms with Gasteiger partial charge in [-0.25, -0.2) is 0 Å². The maximum Gasteiger partial charge on any atom is 0.189 e. The topological polar surface area (TPSA) is 66.4 Å². The van der Waals surface area contributed by atoms with E-state index >= 15 is 0 Å². The fourth-order valence-electron chi connectivity index (χ4n) is 2.10. The minimum atomic E-state index is -0.407. The predicted molar refractivity (Wildman–Crippen MR) is 95.9 cm³/mol. The van der Waals surface area contributed by atoms with Gasteiger partial charge in [-0.3, -0.25) is 0 Å². The van der Waals surface area contributed by atoms with Gasteiger partial charge in [0.1, 0.15) is 5.75 Å². The van der Waals surface area contributed by atoms with Crippen LogP contribution in [-0.2, 0) is 18.9 Å². The summed E-state index contributed by atoms with van der Waals surface area (Å²) >= 11 is 0. The first-order chi connectivity index (χ1) is 12.3. The SMILES string of the molecule is CCCC(O)c1ccc(OCOCCOCCOCCOCC)cc1. The van der Waals surface area contributed by atoms with E-state index < -0.39 is 6.10 Å². The standard InChI is InChI=1S/C19H32O6/c1-3-5-19(20)17-6-8-18(9-7-17)25-16-24-15-14-23-13-12-22-11-10-21-4-2/h6-9,19-20H,3-5,10-16H2,1-2H3. The van der Waals surface area contributed by atoms with Crippen molar-refractivity contribution in [3.05, 3.63) is 29.8 Å². The van der Waals surface area contributed by atoms with Crippen molar-refractivity contribution in [3.63, 3.8) is 0 Å². The third kappa shape index (κ3) is 11.1. The van der Waals surface area contributed by atoms with Gasteiger partial charge in [-0.1, -0.05) is 25.5 Å². The van der Waals surface area contributed by atoms with Crippen LogP contribution >= 0.6 is 0 Å². The summed E-state index contributed by atoms with van der Waals surface area (Å²) in [6.07, 6.45) is 1.31. The Labute approximate surface area is 151 Å². The van der Waals surface area contributed by atoms with Crippen molar-refractivity contribution in [3.8, 4) is 5.75 Å². The van der Waals surface area contributed by atoms with E-state index in [4.69, 9.17) is 23.7 Å². The zero-order valence-electron chi connectivity index (χ0n) is 15.4. The molecule has 0 heterocycles. The molecule has 0 spiro atoms. The molecule has 25 heavy (non-hydrogen) atoms. The molecule has 0 aliphatic heterocycles. The molecule has 0 aliphatic carbocycles. The molecule has 0 radical (unpaired) electrons. The number of aliphatic hydroxyl groups excluding tert-OH is 1. The van der Waals surface area contributed by atoms with Gasteiger partial charge >= 0.3 is 0 Å². The van der Waals surface area contributed by atoms with E-state index in [0.717, 1.165) is 24.2 Å². The van der Waals surface area contributed by atoms with Crippen molar-refractivity contribution >= 4 is 0 Å². The average molecular weight is 356 g/mol. The fraction of sp³-hybridized carbons (Fsp3) is 0.684. The quantitative estimate of drug-likeness (QED) is 0.363. The zero-order chi connectivity index (χ0) is 18.2. The van der Waals surface area contributed by atoms with Gasteiger partial charge in [0.05, 0.1) is 45.7 Å². The normalized spacial score (nSPS) is 12.3. The fourth-order valence-corrected chi connectivity index (χ4v) is 2.10. The first-order valence-corrected chi connectivity index (χ1v) is 8.99. The largest absolute Gasteiger partial charge is 0.468 e. The van der Waals surface area contributed by atoms with E-state index in [9.17, 15) is 5.11 Å². The molecule has 0 fully saturated rings. The molecular weight excluding hydrogens is 324 g/mol. The first-order valence-electron chi connectivity index (χ1n) is 8.99. The molecule has 0 saturated carbocycles. The number of ether oxygens (including phenoxy) is 5. The highest BCUT2D eigenvalue weighted by molar-refractivity contribution is 5.28. The maximum absolute atomic E-state index is 9.91. The number of hydrogen-bond acceptors (Lipinski definition) is 6. The molecule has 1 rings (SSSR count). The van der Waals surface area contributed by atoms with Gasteiger partial charge in [0.2, 0.25) is 0 Å². The third-order valence-corrected chi connectivity index (χ3v) is 3.46. The molecule has 0 amide bonds. The van der Waals surface area contributed by atoms with E-state index in [-0.39, 0.29) is 6.79 Å². The monoisotopic (exact) mass is 356 g/mol. The molecule has 144 valence electrons. The van der Waals surface area contributed by atoms with Crippen LogP contribution in [0, 0.1) is 0 Å². The van der Waals surface area contributed by atoms with Gasteiger partial charge < -0.3 is 28.8 Å². The summed E-state index contributed by atoms with van der Waals surface area (Å²) in [4.78, 5) is 0.